The molecule has 0 spiro atoms. The van der Waals surface area contributed by atoms with Gasteiger partial charge in [0.1, 0.15) is 0 Å². The molecule has 0 saturated heterocycles. The van der Waals surface area contributed by atoms with E-state index < -0.39 is 23.5 Å². The van der Waals surface area contributed by atoms with E-state index in [0.717, 1.165) is 12.1 Å². The molecule has 0 fully saturated rings. The molecule has 0 aliphatic carbocycles. The predicted molar refractivity (Wildman–Crippen MR) is 73.7 cm³/mol. The quantitative estimate of drug-likeness (QED) is 0.807. The average Bonchev–Trinajstić information content (AvgIpc) is 2.41. The van der Waals surface area contributed by atoms with Crippen molar-refractivity contribution in [3.8, 4) is 0 Å². The normalized spacial score (nSPS) is 12.5. The molecule has 0 aromatic heterocycles. The fourth-order valence-corrected chi connectivity index (χ4v) is 2.40. The minimum Gasteiger partial charge on any atom is -0.309 e. The van der Waals surface area contributed by atoms with Crippen LogP contribution < -0.4 is 5.32 Å². The lowest BCUT2D eigenvalue weighted by atomic mass is 9.98. The largest absolute Gasteiger partial charge is 0.309 e. The van der Waals surface area contributed by atoms with Gasteiger partial charge in [-0.1, -0.05) is 35.3 Å². The van der Waals surface area contributed by atoms with E-state index in [1.54, 1.807) is 25.2 Å². The lowest BCUT2D eigenvalue weighted by molar-refractivity contribution is 0.443. The zero-order chi connectivity index (χ0) is 14.9. The van der Waals surface area contributed by atoms with Crippen LogP contribution in [0.4, 0.5) is 13.2 Å². The number of benzene rings is 2. The summed E-state index contributed by atoms with van der Waals surface area (Å²) in [5, 5.41) is 3.48. The summed E-state index contributed by atoms with van der Waals surface area (Å²) in [6.07, 6.45) is 0. The van der Waals surface area contributed by atoms with E-state index in [-0.39, 0.29) is 10.6 Å². The Labute approximate surface area is 124 Å². The molecule has 6 heteroatoms. The van der Waals surface area contributed by atoms with Gasteiger partial charge in [-0.3, -0.25) is 0 Å². The highest BCUT2D eigenvalue weighted by atomic mass is 35.5. The van der Waals surface area contributed by atoms with E-state index in [4.69, 9.17) is 23.2 Å². The van der Waals surface area contributed by atoms with Crippen molar-refractivity contribution >= 4 is 23.2 Å². The molecule has 106 valence electrons. The maximum Gasteiger partial charge on any atom is 0.194 e. The van der Waals surface area contributed by atoms with E-state index in [0.29, 0.717) is 10.6 Å². The van der Waals surface area contributed by atoms with Crippen molar-refractivity contribution in [3.05, 3.63) is 69.0 Å². The second-order valence-electron chi connectivity index (χ2n) is 4.16. The van der Waals surface area contributed by atoms with Crippen LogP contribution in [0.15, 0.2) is 30.3 Å². The summed E-state index contributed by atoms with van der Waals surface area (Å²) in [7, 11) is 1.60. The molecule has 0 aliphatic rings. The van der Waals surface area contributed by atoms with Gasteiger partial charge in [0.05, 0.1) is 16.1 Å². The lowest BCUT2D eigenvalue weighted by Crippen LogP contribution is -2.19. The standard InChI is InChI=1S/C14H10Cl2F3N/c1-20-14(8-3-2-4-9(15)12(8)16)7-5-10(17)13(19)11(18)6-7/h2-6,14,20H,1H3. The van der Waals surface area contributed by atoms with E-state index in [1.165, 1.54) is 0 Å². The second kappa shape index (κ2) is 6.04. The molecule has 0 saturated carbocycles. The molecule has 1 unspecified atom stereocenters. The number of hydrogen-bond donors (Lipinski definition) is 1. The Bertz CT molecular complexity index is 623. The van der Waals surface area contributed by atoms with Gasteiger partial charge in [-0.15, -0.1) is 0 Å². The minimum absolute atomic E-state index is 0.216. The minimum atomic E-state index is -1.50. The van der Waals surface area contributed by atoms with Crippen LogP contribution in [0.1, 0.15) is 17.2 Å². The van der Waals surface area contributed by atoms with Crippen LogP contribution in [0.3, 0.4) is 0 Å². The van der Waals surface area contributed by atoms with Crippen LogP contribution in [0.2, 0.25) is 10.0 Å². The molecule has 0 amide bonds. The molecule has 2 aromatic rings. The van der Waals surface area contributed by atoms with Crippen molar-refractivity contribution in [1.82, 2.24) is 5.32 Å². The maximum absolute atomic E-state index is 13.3. The molecule has 0 bridgehead atoms. The molecule has 1 N–H and O–H groups in total. The van der Waals surface area contributed by atoms with Crippen LogP contribution in [0.25, 0.3) is 0 Å². The summed E-state index contributed by atoms with van der Waals surface area (Å²) in [5.41, 5.74) is 0.764. The van der Waals surface area contributed by atoms with Gasteiger partial charge in [0, 0.05) is 0 Å². The van der Waals surface area contributed by atoms with Crippen molar-refractivity contribution in [2.75, 3.05) is 7.05 Å². The van der Waals surface area contributed by atoms with Crippen LogP contribution in [0.5, 0.6) is 0 Å². The van der Waals surface area contributed by atoms with Gasteiger partial charge in [-0.25, -0.2) is 13.2 Å². The van der Waals surface area contributed by atoms with Gasteiger partial charge in [-0.05, 0) is 36.4 Å². The zero-order valence-corrected chi connectivity index (χ0v) is 11.9. The third-order valence-corrected chi connectivity index (χ3v) is 3.75. The van der Waals surface area contributed by atoms with E-state index in [2.05, 4.69) is 5.32 Å². The number of halogens is 5. The third kappa shape index (κ3) is 2.77. The Morgan fingerprint density at radius 3 is 2.20 bits per heavy atom. The summed E-state index contributed by atoms with van der Waals surface area (Å²) in [6.45, 7) is 0. The molecule has 1 nitrogen and oxygen atoms in total. The molecule has 0 heterocycles. The summed E-state index contributed by atoms with van der Waals surface area (Å²) in [5.74, 6) is -4.00. The summed E-state index contributed by atoms with van der Waals surface area (Å²) in [6, 6.07) is 6.20. The highest BCUT2D eigenvalue weighted by molar-refractivity contribution is 6.42. The van der Waals surface area contributed by atoms with Crippen molar-refractivity contribution < 1.29 is 13.2 Å². The first-order chi connectivity index (χ1) is 9.45. The van der Waals surface area contributed by atoms with E-state index >= 15 is 0 Å². The van der Waals surface area contributed by atoms with Gasteiger partial charge in [-0.2, -0.15) is 0 Å². The lowest BCUT2D eigenvalue weighted by Gasteiger charge is -2.19. The summed E-state index contributed by atoms with van der Waals surface area (Å²) < 4.78 is 39.7. The van der Waals surface area contributed by atoms with Gasteiger partial charge in [0.2, 0.25) is 0 Å². The smallest absolute Gasteiger partial charge is 0.194 e. The third-order valence-electron chi connectivity index (χ3n) is 2.92. The maximum atomic E-state index is 13.3. The second-order valence-corrected chi connectivity index (χ2v) is 4.95. The molecular formula is C14H10Cl2F3N. The van der Waals surface area contributed by atoms with Gasteiger partial charge >= 0.3 is 0 Å². The van der Waals surface area contributed by atoms with Gasteiger partial charge in [0.25, 0.3) is 0 Å². The Balaban J connectivity index is 2.55. The molecule has 0 aliphatic heterocycles. The topological polar surface area (TPSA) is 12.0 Å². The highest BCUT2D eigenvalue weighted by Crippen LogP contribution is 2.33. The van der Waals surface area contributed by atoms with Crippen LogP contribution in [-0.4, -0.2) is 7.05 Å². The Hall–Kier alpha value is -1.23. The Morgan fingerprint density at radius 1 is 1.05 bits per heavy atom. The Kier molecular flexibility index (Phi) is 4.58. The predicted octanol–water partition coefficient (Wildman–Crippen LogP) is 4.72. The first-order valence-electron chi connectivity index (χ1n) is 5.71. The molecular weight excluding hydrogens is 310 g/mol. The fraction of sp³-hybridized carbons (Fsp3) is 0.143. The van der Waals surface area contributed by atoms with E-state index in [1.807, 2.05) is 0 Å². The molecule has 1 atom stereocenters. The highest BCUT2D eigenvalue weighted by Gasteiger charge is 2.20. The summed E-state index contributed by atoms with van der Waals surface area (Å²) in [4.78, 5) is 0. The molecule has 20 heavy (non-hydrogen) atoms. The summed E-state index contributed by atoms with van der Waals surface area (Å²) >= 11 is 12.0. The van der Waals surface area contributed by atoms with Crippen LogP contribution in [0, 0.1) is 17.5 Å². The SMILES string of the molecule is CNC(c1cc(F)c(F)c(F)c1)c1cccc(Cl)c1Cl. The zero-order valence-electron chi connectivity index (χ0n) is 10.4. The van der Waals surface area contributed by atoms with Gasteiger partial charge in [0.15, 0.2) is 17.5 Å². The van der Waals surface area contributed by atoms with Crippen molar-refractivity contribution in [2.45, 2.75) is 6.04 Å². The van der Waals surface area contributed by atoms with Crippen molar-refractivity contribution in [1.29, 1.82) is 0 Å². The Morgan fingerprint density at radius 2 is 1.65 bits per heavy atom. The van der Waals surface area contributed by atoms with Crippen LogP contribution >= 0.6 is 23.2 Å². The average molecular weight is 320 g/mol. The van der Waals surface area contributed by atoms with Crippen LogP contribution in [-0.2, 0) is 0 Å². The molecule has 0 radical (unpaired) electrons. The first-order valence-corrected chi connectivity index (χ1v) is 6.47. The van der Waals surface area contributed by atoms with Crippen molar-refractivity contribution in [3.63, 3.8) is 0 Å². The monoisotopic (exact) mass is 319 g/mol. The number of hydrogen-bond acceptors (Lipinski definition) is 1. The number of rotatable bonds is 3. The van der Waals surface area contributed by atoms with E-state index in [9.17, 15) is 13.2 Å². The molecule has 2 rings (SSSR count). The number of nitrogens with one attached hydrogen (secondary N) is 1. The molecule has 2 aromatic carbocycles. The fourth-order valence-electron chi connectivity index (χ4n) is 1.99. The van der Waals surface area contributed by atoms with Gasteiger partial charge < -0.3 is 5.32 Å². The first kappa shape index (κ1) is 15.2. The van der Waals surface area contributed by atoms with Crippen molar-refractivity contribution in [2.24, 2.45) is 0 Å².